The van der Waals surface area contributed by atoms with E-state index in [-0.39, 0.29) is 28.8 Å². The van der Waals surface area contributed by atoms with E-state index >= 15 is 0 Å². The number of nitrogens with zero attached hydrogens (tertiary/aromatic N) is 1. The molecule has 0 aliphatic heterocycles. The van der Waals surface area contributed by atoms with E-state index in [1.54, 1.807) is 24.3 Å². The molecule has 0 fully saturated rings. The van der Waals surface area contributed by atoms with Gasteiger partial charge in [-0.3, -0.25) is 15.1 Å². The second-order valence-corrected chi connectivity index (χ2v) is 7.19. The van der Waals surface area contributed by atoms with Crippen molar-refractivity contribution in [1.29, 1.82) is 0 Å². The van der Waals surface area contributed by atoms with Gasteiger partial charge >= 0.3 is 12.4 Å². The topological polar surface area (TPSA) is 55.1 Å². The van der Waals surface area contributed by atoms with Gasteiger partial charge in [0.25, 0.3) is 5.91 Å². The number of pyridine rings is 1. The molecule has 1 N–H and O–H groups in total. The minimum atomic E-state index is -5.08. The van der Waals surface area contributed by atoms with Gasteiger partial charge in [-0.25, -0.2) is 0 Å². The number of amides is 1. The van der Waals surface area contributed by atoms with Gasteiger partial charge < -0.3 is 4.42 Å². The largest absolute Gasteiger partial charge is 0.445 e. The number of hydrogen-bond donors (Lipinski definition) is 1. The fourth-order valence-electron chi connectivity index (χ4n) is 3.46. The smallest absolute Gasteiger partial charge is 0.417 e. The molecule has 2 aromatic carbocycles. The van der Waals surface area contributed by atoms with Crippen LogP contribution in [0.2, 0.25) is 0 Å². The molecule has 10 heteroatoms. The molecule has 4 aromatic rings. The minimum Gasteiger partial charge on any atom is -0.445 e. The van der Waals surface area contributed by atoms with Crippen molar-refractivity contribution in [2.75, 3.05) is 5.32 Å². The van der Waals surface area contributed by atoms with Crippen LogP contribution in [0.25, 0.3) is 22.0 Å². The van der Waals surface area contributed by atoms with Crippen LogP contribution in [0.5, 0.6) is 0 Å². The van der Waals surface area contributed by atoms with Crippen LogP contribution in [-0.2, 0) is 12.4 Å². The molecule has 4 nitrogen and oxygen atoms in total. The van der Waals surface area contributed by atoms with E-state index in [1.807, 2.05) is 0 Å². The first-order chi connectivity index (χ1) is 15.4. The number of carbonyl (C=O) groups is 1. The fraction of sp³-hybridized carbons (Fsp3) is 0.130. The lowest BCUT2D eigenvalue weighted by Gasteiger charge is -2.16. The van der Waals surface area contributed by atoms with Crippen molar-refractivity contribution >= 4 is 22.7 Å². The quantitative estimate of drug-likeness (QED) is 0.329. The second kappa shape index (κ2) is 7.95. The van der Waals surface area contributed by atoms with Crippen molar-refractivity contribution in [3.05, 3.63) is 83.2 Å². The Balaban J connectivity index is 1.79. The fourth-order valence-corrected chi connectivity index (χ4v) is 3.46. The maximum atomic E-state index is 13.7. The van der Waals surface area contributed by atoms with E-state index in [1.165, 1.54) is 25.3 Å². The van der Waals surface area contributed by atoms with Gasteiger partial charge in [-0.2, -0.15) is 26.3 Å². The van der Waals surface area contributed by atoms with E-state index in [2.05, 4.69) is 10.3 Å². The predicted octanol–water partition coefficient (Wildman–Crippen LogP) is 7.09. The van der Waals surface area contributed by atoms with Crippen LogP contribution in [0.15, 0.2) is 65.2 Å². The molecule has 0 unspecified atom stereocenters. The zero-order chi connectivity index (χ0) is 24.0. The molecule has 0 saturated heterocycles. The molecule has 0 aliphatic rings. The molecular weight excluding hydrogens is 450 g/mol. The molecule has 0 saturated carbocycles. The van der Waals surface area contributed by atoms with E-state index in [9.17, 15) is 31.1 Å². The summed E-state index contributed by atoms with van der Waals surface area (Å²) in [5, 5.41) is 2.95. The van der Waals surface area contributed by atoms with Gasteiger partial charge in [0, 0.05) is 17.1 Å². The Morgan fingerprint density at radius 1 is 0.909 bits per heavy atom. The van der Waals surface area contributed by atoms with E-state index in [0.29, 0.717) is 23.0 Å². The van der Waals surface area contributed by atoms with Crippen molar-refractivity contribution in [3.8, 4) is 11.1 Å². The summed E-state index contributed by atoms with van der Waals surface area (Å²) < 4.78 is 85.4. The van der Waals surface area contributed by atoms with Gasteiger partial charge in [-0.15, -0.1) is 0 Å². The first kappa shape index (κ1) is 22.4. The predicted molar refractivity (Wildman–Crippen MR) is 109 cm³/mol. The summed E-state index contributed by atoms with van der Waals surface area (Å²) in [6.45, 7) is 1.44. The third kappa shape index (κ3) is 4.41. The molecule has 0 atom stereocenters. The van der Waals surface area contributed by atoms with Gasteiger partial charge in [0.2, 0.25) is 5.88 Å². The molecule has 2 aromatic heterocycles. The van der Waals surface area contributed by atoms with Gasteiger partial charge in [-0.1, -0.05) is 24.3 Å². The average molecular weight is 464 g/mol. The maximum absolute atomic E-state index is 13.7. The number of benzene rings is 2. The number of aromatic nitrogens is 1. The normalized spacial score (nSPS) is 12.2. The Bertz CT molecular complexity index is 1350. The van der Waals surface area contributed by atoms with Crippen LogP contribution in [0, 0.1) is 6.92 Å². The van der Waals surface area contributed by atoms with Crippen LogP contribution in [0.3, 0.4) is 0 Å². The first-order valence-corrected chi connectivity index (χ1v) is 9.49. The summed E-state index contributed by atoms with van der Waals surface area (Å²) in [6, 6.07) is 10.7. The van der Waals surface area contributed by atoms with Crippen LogP contribution < -0.4 is 5.32 Å². The van der Waals surface area contributed by atoms with Crippen molar-refractivity contribution in [1.82, 2.24) is 4.98 Å². The SMILES string of the molecule is Cc1cc(-c2ccc(C(F)(F)F)cc2C(F)(F)F)c(NC(=O)c2ccnc3ccccc23)o1. The summed E-state index contributed by atoms with van der Waals surface area (Å²) in [7, 11) is 0. The lowest BCUT2D eigenvalue weighted by atomic mass is 9.97. The van der Waals surface area contributed by atoms with E-state index in [4.69, 9.17) is 4.42 Å². The highest BCUT2D eigenvalue weighted by atomic mass is 19.4. The molecule has 170 valence electrons. The highest BCUT2D eigenvalue weighted by Crippen LogP contribution is 2.43. The number of rotatable bonds is 3. The van der Waals surface area contributed by atoms with E-state index < -0.39 is 35.0 Å². The number of aryl methyl sites for hydroxylation is 1. The summed E-state index contributed by atoms with van der Waals surface area (Å²) in [5.41, 5.74) is -2.95. The van der Waals surface area contributed by atoms with Gasteiger partial charge in [0.15, 0.2) is 0 Å². The first-order valence-electron chi connectivity index (χ1n) is 9.49. The van der Waals surface area contributed by atoms with Gasteiger partial charge in [-0.05, 0) is 42.8 Å². The van der Waals surface area contributed by atoms with E-state index in [0.717, 1.165) is 0 Å². The average Bonchev–Trinajstić information content (AvgIpc) is 3.11. The Hall–Kier alpha value is -3.82. The van der Waals surface area contributed by atoms with Crippen molar-refractivity contribution in [3.63, 3.8) is 0 Å². The van der Waals surface area contributed by atoms with Crippen LogP contribution in [0.1, 0.15) is 27.2 Å². The third-order valence-corrected chi connectivity index (χ3v) is 4.92. The molecule has 0 radical (unpaired) electrons. The minimum absolute atomic E-state index is 0.0413. The molecule has 0 aliphatic carbocycles. The molecule has 0 bridgehead atoms. The molecule has 33 heavy (non-hydrogen) atoms. The number of nitrogens with one attached hydrogen (secondary N) is 1. The zero-order valence-electron chi connectivity index (χ0n) is 16.8. The third-order valence-electron chi connectivity index (χ3n) is 4.92. The summed E-state index contributed by atoms with van der Waals surface area (Å²) >= 11 is 0. The Morgan fingerprint density at radius 3 is 2.33 bits per heavy atom. The number of halogens is 6. The number of hydrogen-bond acceptors (Lipinski definition) is 3. The highest BCUT2D eigenvalue weighted by Gasteiger charge is 2.39. The number of fused-ring (bicyclic) bond motifs is 1. The lowest BCUT2D eigenvalue weighted by molar-refractivity contribution is -0.142. The van der Waals surface area contributed by atoms with Crippen LogP contribution in [-0.4, -0.2) is 10.9 Å². The monoisotopic (exact) mass is 464 g/mol. The number of carbonyl (C=O) groups excluding carboxylic acids is 1. The maximum Gasteiger partial charge on any atom is 0.417 e. The standard InChI is InChI=1S/C23H14F6N2O2/c1-12-10-17(14-7-6-13(22(24,25)26)11-18(14)23(27,28)29)21(33-12)31-20(32)16-8-9-30-19-5-3-2-4-15(16)19/h2-11H,1H3,(H,31,32). The summed E-state index contributed by atoms with van der Waals surface area (Å²) in [4.78, 5) is 17.1. The Morgan fingerprint density at radius 2 is 1.64 bits per heavy atom. The van der Waals surface area contributed by atoms with Crippen molar-refractivity contribution in [2.24, 2.45) is 0 Å². The van der Waals surface area contributed by atoms with Gasteiger partial charge in [0.05, 0.1) is 22.2 Å². The molecule has 2 heterocycles. The molecular formula is C23H14F6N2O2. The summed E-state index contributed by atoms with van der Waals surface area (Å²) in [5.74, 6) is -0.832. The number of para-hydroxylation sites is 1. The van der Waals surface area contributed by atoms with Gasteiger partial charge in [0.1, 0.15) is 5.76 Å². The number of furan rings is 1. The lowest BCUT2D eigenvalue weighted by Crippen LogP contribution is -2.14. The molecule has 4 rings (SSSR count). The number of anilines is 1. The van der Waals surface area contributed by atoms with Crippen LogP contribution in [0.4, 0.5) is 32.2 Å². The Labute approximate surface area is 182 Å². The van der Waals surface area contributed by atoms with Crippen molar-refractivity contribution in [2.45, 2.75) is 19.3 Å². The molecule has 0 spiro atoms. The number of alkyl halides is 6. The summed E-state index contributed by atoms with van der Waals surface area (Å²) in [6.07, 6.45) is -8.63. The zero-order valence-corrected chi connectivity index (χ0v) is 16.8. The second-order valence-electron chi connectivity index (χ2n) is 7.19. The molecule has 1 amide bonds. The Kier molecular flexibility index (Phi) is 5.39. The highest BCUT2D eigenvalue weighted by molar-refractivity contribution is 6.12. The van der Waals surface area contributed by atoms with Crippen molar-refractivity contribution < 1.29 is 35.6 Å². The van der Waals surface area contributed by atoms with Crippen LogP contribution >= 0.6 is 0 Å².